The molecule has 96 valence electrons. The van der Waals surface area contributed by atoms with Crippen LogP contribution in [0, 0.1) is 0 Å². The molecule has 0 aliphatic heterocycles. The third-order valence-corrected chi connectivity index (χ3v) is 3.73. The largest absolute Gasteiger partial charge is 0.545 e. The molecule has 1 aliphatic carbocycles. The van der Waals surface area contributed by atoms with Gasteiger partial charge in [-0.2, -0.15) is 0 Å². The maximum atomic E-state index is 6.13. The predicted octanol–water partition coefficient (Wildman–Crippen LogP) is 4.99. The first-order chi connectivity index (χ1) is 8.54. The van der Waals surface area contributed by atoms with Gasteiger partial charge in [0.2, 0.25) is 8.32 Å². The summed E-state index contributed by atoms with van der Waals surface area (Å²) in [5.74, 6) is 1.07. The number of allylic oxidation sites excluding steroid dienone is 3. The van der Waals surface area contributed by atoms with E-state index < -0.39 is 8.32 Å². The molecule has 0 saturated heterocycles. The molecule has 0 spiro atoms. The highest BCUT2D eigenvalue weighted by molar-refractivity contribution is 6.70. The van der Waals surface area contributed by atoms with Crippen molar-refractivity contribution in [2.45, 2.75) is 38.9 Å². The highest BCUT2D eigenvalue weighted by atomic mass is 28.4. The minimum atomic E-state index is -1.51. The third kappa shape index (κ3) is 3.88. The van der Waals surface area contributed by atoms with Crippen LogP contribution in [0.2, 0.25) is 19.6 Å². The van der Waals surface area contributed by atoms with Gasteiger partial charge in [0.25, 0.3) is 0 Å². The molecule has 18 heavy (non-hydrogen) atoms. The molecule has 1 aromatic carbocycles. The monoisotopic (exact) mass is 258 g/mol. The second-order valence-corrected chi connectivity index (χ2v) is 10.2. The van der Waals surface area contributed by atoms with Crippen molar-refractivity contribution in [2.75, 3.05) is 0 Å². The fraction of sp³-hybridized carbons (Fsp3) is 0.375. The Morgan fingerprint density at radius 1 is 1.06 bits per heavy atom. The number of benzene rings is 1. The van der Waals surface area contributed by atoms with Gasteiger partial charge in [-0.3, -0.25) is 0 Å². The fourth-order valence-electron chi connectivity index (χ4n) is 2.14. The minimum Gasteiger partial charge on any atom is -0.545 e. The fourth-order valence-corrected chi connectivity index (χ4v) is 2.99. The zero-order valence-corrected chi connectivity index (χ0v) is 12.6. The second kappa shape index (κ2) is 5.57. The molecule has 2 heteroatoms. The van der Waals surface area contributed by atoms with Crippen LogP contribution in [0.25, 0.3) is 5.57 Å². The van der Waals surface area contributed by atoms with Gasteiger partial charge in [-0.1, -0.05) is 30.3 Å². The molecule has 1 nitrogen and oxygen atoms in total. The van der Waals surface area contributed by atoms with Crippen molar-refractivity contribution in [1.82, 2.24) is 0 Å². The number of rotatable bonds is 3. The SMILES string of the molecule is C[Si](C)(C)OC1=CCCCC(c2ccccc2)=C1. The summed E-state index contributed by atoms with van der Waals surface area (Å²) in [7, 11) is -1.51. The van der Waals surface area contributed by atoms with Crippen molar-refractivity contribution < 1.29 is 4.43 Å². The molecule has 0 heterocycles. The molecule has 1 aliphatic rings. The first-order valence-corrected chi connectivity index (χ1v) is 10.1. The maximum Gasteiger partial charge on any atom is 0.242 e. The summed E-state index contributed by atoms with van der Waals surface area (Å²) in [6.45, 7) is 6.69. The normalized spacial score (nSPS) is 16.6. The smallest absolute Gasteiger partial charge is 0.242 e. The first kappa shape index (κ1) is 13.2. The van der Waals surface area contributed by atoms with Crippen LogP contribution in [0.4, 0.5) is 0 Å². The zero-order chi connectivity index (χ0) is 13.0. The quantitative estimate of drug-likeness (QED) is 0.694. The number of hydrogen-bond donors (Lipinski definition) is 0. The molecule has 0 fully saturated rings. The van der Waals surface area contributed by atoms with Crippen molar-refractivity contribution in [3.05, 3.63) is 53.8 Å². The molecule has 0 N–H and O–H groups in total. The molecule has 0 unspecified atom stereocenters. The third-order valence-electron chi connectivity index (χ3n) is 2.88. The topological polar surface area (TPSA) is 9.23 Å². The van der Waals surface area contributed by atoms with E-state index in [1.807, 2.05) is 0 Å². The number of hydrogen-bond acceptors (Lipinski definition) is 1. The van der Waals surface area contributed by atoms with Crippen LogP contribution >= 0.6 is 0 Å². The predicted molar refractivity (Wildman–Crippen MR) is 80.8 cm³/mol. The van der Waals surface area contributed by atoms with Gasteiger partial charge in [0.05, 0.1) is 5.76 Å². The summed E-state index contributed by atoms with van der Waals surface area (Å²) in [6, 6.07) is 10.6. The van der Waals surface area contributed by atoms with Gasteiger partial charge in [0.15, 0.2) is 0 Å². The second-order valence-electron chi connectivity index (χ2n) is 5.75. The Hall–Kier alpha value is -1.28. The molecule has 0 radical (unpaired) electrons. The lowest BCUT2D eigenvalue weighted by Gasteiger charge is -2.20. The van der Waals surface area contributed by atoms with Crippen LogP contribution in [0.5, 0.6) is 0 Å². The average Bonchev–Trinajstić information content (AvgIpc) is 2.54. The molecule has 2 rings (SSSR count). The van der Waals surface area contributed by atoms with E-state index in [0.717, 1.165) is 18.6 Å². The highest BCUT2D eigenvalue weighted by Gasteiger charge is 2.18. The molecular formula is C16H22OSi. The lowest BCUT2D eigenvalue weighted by atomic mass is 10.0. The van der Waals surface area contributed by atoms with Crippen molar-refractivity contribution in [3.8, 4) is 0 Å². The Balaban J connectivity index is 2.23. The lowest BCUT2D eigenvalue weighted by molar-refractivity contribution is 0.439. The summed E-state index contributed by atoms with van der Waals surface area (Å²) in [5, 5.41) is 0. The molecule has 0 bridgehead atoms. The summed E-state index contributed by atoms with van der Waals surface area (Å²) in [6.07, 6.45) is 7.94. The van der Waals surface area contributed by atoms with Crippen LogP contribution in [-0.4, -0.2) is 8.32 Å². The lowest BCUT2D eigenvalue weighted by Crippen LogP contribution is -2.24. The van der Waals surface area contributed by atoms with Crippen LogP contribution in [0.1, 0.15) is 24.8 Å². The van der Waals surface area contributed by atoms with E-state index in [9.17, 15) is 0 Å². The Labute approximate surface area is 111 Å². The van der Waals surface area contributed by atoms with E-state index in [4.69, 9.17) is 4.43 Å². The van der Waals surface area contributed by atoms with Gasteiger partial charge >= 0.3 is 0 Å². The summed E-state index contributed by atoms with van der Waals surface area (Å²) >= 11 is 0. The van der Waals surface area contributed by atoms with Crippen molar-refractivity contribution in [2.24, 2.45) is 0 Å². The van der Waals surface area contributed by atoms with E-state index in [-0.39, 0.29) is 0 Å². The molecule has 0 atom stereocenters. The van der Waals surface area contributed by atoms with Gasteiger partial charge in [0.1, 0.15) is 0 Å². The van der Waals surface area contributed by atoms with E-state index in [1.165, 1.54) is 17.6 Å². The van der Waals surface area contributed by atoms with Crippen LogP contribution in [0.15, 0.2) is 48.2 Å². The van der Waals surface area contributed by atoms with E-state index in [0.29, 0.717) is 0 Å². The van der Waals surface area contributed by atoms with E-state index in [1.54, 1.807) is 0 Å². The van der Waals surface area contributed by atoms with Gasteiger partial charge in [0, 0.05) is 0 Å². The van der Waals surface area contributed by atoms with Crippen LogP contribution in [0.3, 0.4) is 0 Å². The Morgan fingerprint density at radius 3 is 2.44 bits per heavy atom. The van der Waals surface area contributed by atoms with Gasteiger partial charge < -0.3 is 4.43 Å². The first-order valence-electron chi connectivity index (χ1n) is 6.70. The summed E-state index contributed by atoms with van der Waals surface area (Å²) in [5.41, 5.74) is 2.72. The van der Waals surface area contributed by atoms with Crippen molar-refractivity contribution in [1.29, 1.82) is 0 Å². The molecular weight excluding hydrogens is 236 g/mol. The van der Waals surface area contributed by atoms with E-state index >= 15 is 0 Å². The summed E-state index contributed by atoms with van der Waals surface area (Å²) in [4.78, 5) is 0. The van der Waals surface area contributed by atoms with E-state index in [2.05, 4.69) is 62.1 Å². The molecule has 0 aromatic heterocycles. The zero-order valence-electron chi connectivity index (χ0n) is 11.6. The Kier molecular flexibility index (Phi) is 4.07. The minimum absolute atomic E-state index is 1.07. The van der Waals surface area contributed by atoms with Gasteiger partial charge in [-0.25, -0.2) is 0 Å². The highest BCUT2D eigenvalue weighted by Crippen LogP contribution is 2.27. The van der Waals surface area contributed by atoms with Crippen LogP contribution < -0.4 is 0 Å². The summed E-state index contributed by atoms with van der Waals surface area (Å²) < 4.78 is 6.13. The standard InChI is InChI=1S/C16H22OSi/c1-18(2,3)17-16-12-8-7-11-15(13-16)14-9-5-4-6-10-14/h4-6,9-10,12-13H,7-8,11H2,1-3H3. The van der Waals surface area contributed by atoms with Crippen LogP contribution in [-0.2, 0) is 4.43 Å². The Morgan fingerprint density at radius 2 is 1.78 bits per heavy atom. The molecule has 0 amide bonds. The van der Waals surface area contributed by atoms with Crippen molar-refractivity contribution in [3.63, 3.8) is 0 Å². The van der Waals surface area contributed by atoms with Gasteiger partial charge in [-0.15, -0.1) is 0 Å². The van der Waals surface area contributed by atoms with Gasteiger partial charge in [-0.05, 0) is 62.2 Å². The molecule has 0 saturated carbocycles. The Bertz CT molecular complexity index is 452. The van der Waals surface area contributed by atoms with Crippen molar-refractivity contribution >= 4 is 13.9 Å². The maximum absolute atomic E-state index is 6.13. The average molecular weight is 258 g/mol. The molecule has 1 aromatic rings.